The van der Waals surface area contributed by atoms with Crippen molar-refractivity contribution in [2.45, 2.75) is 0 Å². The van der Waals surface area contributed by atoms with Gasteiger partial charge in [0.2, 0.25) is 5.82 Å². The Morgan fingerprint density at radius 3 is 2.69 bits per heavy atom. The van der Waals surface area contributed by atoms with E-state index in [0.29, 0.717) is 11.7 Å². The molecule has 1 aromatic carbocycles. The van der Waals surface area contributed by atoms with Gasteiger partial charge in [-0.3, -0.25) is 0 Å². The lowest BCUT2D eigenvalue weighted by molar-refractivity contribution is 0.881. The Morgan fingerprint density at radius 1 is 1.38 bits per heavy atom. The topological polar surface area (TPSA) is 92.8 Å². The second-order valence-corrected chi connectivity index (χ2v) is 3.29. The maximum absolute atomic E-state index is 5.53. The summed E-state index contributed by atoms with van der Waals surface area (Å²) in [5.41, 5.74) is 7.12. The molecule has 6 nitrogen and oxygen atoms in total. The molecule has 0 bridgehead atoms. The number of nitrogens with zero attached hydrogens (tertiary/aromatic N) is 4. The summed E-state index contributed by atoms with van der Waals surface area (Å²) >= 11 is 5.53. The number of hydrogen-bond donors (Lipinski definition) is 2. The van der Waals surface area contributed by atoms with Crippen molar-refractivity contribution in [2.75, 3.05) is 5.88 Å². The first-order chi connectivity index (χ1) is 7.79. The van der Waals surface area contributed by atoms with Crippen LogP contribution in [0.15, 0.2) is 29.3 Å². The zero-order valence-corrected chi connectivity index (χ0v) is 9.02. The van der Waals surface area contributed by atoms with E-state index in [1.807, 2.05) is 24.3 Å². The molecule has 0 aliphatic heterocycles. The van der Waals surface area contributed by atoms with Gasteiger partial charge < -0.3 is 5.73 Å². The summed E-state index contributed by atoms with van der Waals surface area (Å²) in [6.45, 7) is 0. The fraction of sp³-hybridized carbons (Fsp3) is 0.111. The van der Waals surface area contributed by atoms with Gasteiger partial charge in [0.05, 0.1) is 11.6 Å². The molecule has 0 saturated carbocycles. The Bertz CT molecular complexity index is 475. The molecule has 3 N–H and O–H groups in total. The third kappa shape index (κ3) is 2.34. The van der Waals surface area contributed by atoms with Gasteiger partial charge in [-0.2, -0.15) is 5.21 Å². The molecule has 0 amide bonds. The van der Waals surface area contributed by atoms with Gasteiger partial charge >= 0.3 is 0 Å². The van der Waals surface area contributed by atoms with Crippen LogP contribution in [-0.2, 0) is 0 Å². The lowest BCUT2D eigenvalue weighted by Crippen LogP contribution is -2.12. The largest absolute Gasteiger partial charge is 0.386 e. The van der Waals surface area contributed by atoms with E-state index in [1.54, 1.807) is 0 Å². The molecule has 0 fully saturated rings. The highest BCUT2D eigenvalue weighted by atomic mass is 35.5. The van der Waals surface area contributed by atoms with E-state index >= 15 is 0 Å². The van der Waals surface area contributed by atoms with Crippen molar-refractivity contribution in [3.05, 3.63) is 24.3 Å². The second-order valence-electron chi connectivity index (χ2n) is 3.02. The van der Waals surface area contributed by atoms with Crippen LogP contribution in [0, 0.1) is 0 Å². The Labute approximate surface area is 96.5 Å². The van der Waals surface area contributed by atoms with Crippen LogP contribution in [0.4, 0.5) is 5.69 Å². The monoisotopic (exact) mass is 236 g/mol. The number of hydrogen-bond acceptors (Lipinski definition) is 4. The molecule has 0 aliphatic rings. The van der Waals surface area contributed by atoms with Crippen molar-refractivity contribution in [1.29, 1.82) is 0 Å². The van der Waals surface area contributed by atoms with Gasteiger partial charge in [-0.15, -0.1) is 21.8 Å². The minimum absolute atomic E-state index is 0.215. The predicted molar refractivity (Wildman–Crippen MR) is 61.6 cm³/mol. The van der Waals surface area contributed by atoms with Gasteiger partial charge in [0.25, 0.3) is 0 Å². The standard InChI is InChI=1S/C9H9ClN6/c10-5-8(11)12-7-3-1-6(2-4-7)9-13-15-16-14-9/h1-4H,5H2,(H2,11,12)(H,13,14,15,16). The van der Waals surface area contributed by atoms with Crippen LogP contribution in [0.5, 0.6) is 0 Å². The van der Waals surface area contributed by atoms with Crippen molar-refractivity contribution >= 4 is 23.1 Å². The fourth-order valence-corrected chi connectivity index (χ4v) is 1.22. The number of aromatic nitrogens is 4. The molecule has 1 heterocycles. The highest BCUT2D eigenvalue weighted by Gasteiger charge is 2.01. The molecule has 0 unspecified atom stereocenters. The fourth-order valence-electron chi connectivity index (χ4n) is 1.16. The molecule has 1 aromatic heterocycles. The third-order valence-electron chi connectivity index (χ3n) is 1.88. The number of amidine groups is 1. The highest BCUT2D eigenvalue weighted by Crippen LogP contribution is 2.18. The van der Waals surface area contributed by atoms with Crippen LogP contribution < -0.4 is 5.73 Å². The van der Waals surface area contributed by atoms with E-state index in [0.717, 1.165) is 11.3 Å². The lowest BCUT2D eigenvalue weighted by atomic mass is 10.2. The van der Waals surface area contributed by atoms with Gasteiger partial charge in [-0.05, 0) is 29.5 Å². The van der Waals surface area contributed by atoms with Gasteiger partial charge in [0.1, 0.15) is 5.84 Å². The number of halogens is 1. The molecule has 2 rings (SSSR count). The molecule has 7 heteroatoms. The summed E-state index contributed by atoms with van der Waals surface area (Å²) in [4.78, 5) is 4.10. The molecule has 2 aromatic rings. The summed E-state index contributed by atoms with van der Waals surface area (Å²) < 4.78 is 0. The Morgan fingerprint density at radius 2 is 2.12 bits per heavy atom. The van der Waals surface area contributed by atoms with E-state index in [4.69, 9.17) is 17.3 Å². The first kappa shape index (κ1) is 10.6. The van der Waals surface area contributed by atoms with Crippen LogP contribution in [0.1, 0.15) is 0 Å². The molecule has 0 saturated heterocycles. The number of benzene rings is 1. The quantitative estimate of drug-likeness (QED) is 0.474. The van der Waals surface area contributed by atoms with Crippen LogP contribution >= 0.6 is 11.6 Å². The average Bonchev–Trinajstić information content (AvgIpc) is 2.83. The smallest absolute Gasteiger partial charge is 0.204 e. The summed E-state index contributed by atoms with van der Waals surface area (Å²) in [5.74, 6) is 1.14. The Hall–Kier alpha value is -1.95. The molecule has 82 valence electrons. The number of aliphatic imine (C=N–C) groups is 1. The number of alkyl halides is 1. The second kappa shape index (κ2) is 4.71. The van der Waals surface area contributed by atoms with Crippen molar-refractivity contribution in [2.24, 2.45) is 10.7 Å². The number of nitrogens with one attached hydrogen (secondary N) is 1. The average molecular weight is 237 g/mol. The predicted octanol–water partition coefficient (Wildman–Crippen LogP) is 1.09. The van der Waals surface area contributed by atoms with E-state index in [9.17, 15) is 0 Å². The molecule has 0 atom stereocenters. The number of rotatable bonds is 3. The van der Waals surface area contributed by atoms with Crippen molar-refractivity contribution in [3.63, 3.8) is 0 Å². The zero-order valence-electron chi connectivity index (χ0n) is 8.26. The molecule has 0 spiro atoms. The van der Waals surface area contributed by atoms with E-state index in [2.05, 4.69) is 25.6 Å². The summed E-state index contributed by atoms with van der Waals surface area (Å²) in [6, 6.07) is 7.30. The molecule has 0 radical (unpaired) electrons. The molecular formula is C9H9ClN6. The minimum atomic E-state index is 0.215. The van der Waals surface area contributed by atoms with Crippen molar-refractivity contribution < 1.29 is 0 Å². The summed E-state index contributed by atoms with van der Waals surface area (Å²) in [5, 5.41) is 13.6. The maximum atomic E-state index is 5.53. The third-order valence-corrected chi connectivity index (χ3v) is 2.15. The lowest BCUT2D eigenvalue weighted by Gasteiger charge is -1.97. The van der Waals surface area contributed by atoms with Crippen LogP contribution in [0.3, 0.4) is 0 Å². The van der Waals surface area contributed by atoms with E-state index in [1.165, 1.54) is 0 Å². The Kier molecular flexibility index (Phi) is 3.11. The molecular weight excluding hydrogens is 228 g/mol. The number of tetrazole rings is 1. The first-order valence-corrected chi connectivity index (χ1v) is 5.06. The van der Waals surface area contributed by atoms with E-state index in [-0.39, 0.29) is 5.88 Å². The zero-order chi connectivity index (χ0) is 11.4. The number of H-pyrrole nitrogens is 1. The van der Waals surface area contributed by atoms with Gasteiger partial charge in [0.15, 0.2) is 0 Å². The van der Waals surface area contributed by atoms with Gasteiger partial charge in [-0.1, -0.05) is 0 Å². The Balaban J connectivity index is 2.23. The molecule has 16 heavy (non-hydrogen) atoms. The van der Waals surface area contributed by atoms with E-state index < -0.39 is 0 Å². The molecule has 0 aliphatic carbocycles. The van der Waals surface area contributed by atoms with Crippen LogP contribution in [0.25, 0.3) is 11.4 Å². The van der Waals surface area contributed by atoms with Crippen molar-refractivity contribution in [3.8, 4) is 11.4 Å². The first-order valence-electron chi connectivity index (χ1n) is 4.52. The van der Waals surface area contributed by atoms with Crippen molar-refractivity contribution in [1.82, 2.24) is 20.6 Å². The SMILES string of the molecule is NC(CCl)=Nc1ccc(-c2nn[nH]n2)cc1. The normalized spacial score (nSPS) is 11.7. The van der Waals surface area contributed by atoms with Gasteiger partial charge in [-0.25, -0.2) is 4.99 Å². The number of aromatic amines is 1. The minimum Gasteiger partial charge on any atom is -0.386 e. The van der Waals surface area contributed by atoms with Crippen LogP contribution in [0.2, 0.25) is 0 Å². The van der Waals surface area contributed by atoms with Crippen LogP contribution in [-0.4, -0.2) is 32.3 Å². The number of nitrogens with two attached hydrogens (primary N) is 1. The maximum Gasteiger partial charge on any atom is 0.204 e. The van der Waals surface area contributed by atoms with Gasteiger partial charge in [0, 0.05) is 5.56 Å². The summed E-state index contributed by atoms with van der Waals surface area (Å²) in [7, 11) is 0. The summed E-state index contributed by atoms with van der Waals surface area (Å²) in [6.07, 6.45) is 0. The highest BCUT2D eigenvalue weighted by molar-refractivity contribution is 6.28.